The summed E-state index contributed by atoms with van der Waals surface area (Å²) in [6.07, 6.45) is 8.51. The maximum absolute atomic E-state index is 11.1. The first-order valence-electron chi connectivity index (χ1n) is 4.25. The number of amides is 2. The smallest absolute Gasteiger partial charge is 0.315 e. The summed E-state index contributed by atoms with van der Waals surface area (Å²) in [5.74, 6) is 2.43. The lowest BCUT2D eigenvalue weighted by molar-refractivity contribution is 0.227. The number of urea groups is 1. The molecular weight excluding hydrogens is 152 g/mol. The molecule has 0 saturated heterocycles. The molecule has 3 nitrogen and oxygen atoms in total. The van der Waals surface area contributed by atoms with Gasteiger partial charge in [0.05, 0.1) is 6.04 Å². The van der Waals surface area contributed by atoms with Crippen LogP contribution in [0.15, 0.2) is 0 Å². The van der Waals surface area contributed by atoms with Crippen molar-refractivity contribution in [3.63, 3.8) is 0 Å². The molecule has 0 aliphatic heterocycles. The second-order valence-corrected chi connectivity index (χ2v) is 3.13. The van der Waals surface area contributed by atoms with Crippen LogP contribution in [0.1, 0.15) is 26.2 Å². The van der Waals surface area contributed by atoms with Crippen LogP contribution in [0.25, 0.3) is 0 Å². The summed E-state index contributed by atoms with van der Waals surface area (Å²) in [4.78, 5) is 11.1. The monoisotopic (exact) mass is 166 g/mol. The third-order valence-electron chi connectivity index (χ3n) is 2.04. The van der Waals surface area contributed by atoms with Crippen LogP contribution < -0.4 is 10.6 Å². The van der Waals surface area contributed by atoms with Crippen molar-refractivity contribution in [2.75, 3.05) is 0 Å². The highest BCUT2D eigenvalue weighted by atomic mass is 16.2. The van der Waals surface area contributed by atoms with E-state index in [1.807, 2.05) is 0 Å². The van der Waals surface area contributed by atoms with Gasteiger partial charge in [0.15, 0.2) is 0 Å². The maximum Gasteiger partial charge on any atom is 0.315 e. The van der Waals surface area contributed by atoms with Gasteiger partial charge in [-0.3, -0.25) is 0 Å². The van der Waals surface area contributed by atoms with E-state index in [0.717, 1.165) is 12.8 Å². The molecule has 0 aromatic heterocycles. The fraction of sp³-hybridized carbons (Fsp3) is 0.667. The van der Waals surface area contributed by atoms with Crippen LogP contribution >= 0.6 is 0 Å². The average Bonchev–Trinajstić information content (AvgIpc) is 1.97. The van der Waals surface area contributed by atoms with Crippen molar-refractivity contribution < 1.29 is 4.79 Å². The summed E-state index contributed by atoms with van der Waals surface area (Å²) >= 11 is 0. The van der Waals surface area contributed by atoms with E-state index in [1.54, 1.807) is 6.92 Å². The molecule has 2 amide bonds. The van der Waals surface area contributed by atoms with E-state index in [4.69, 9.17) is 6.42 Å². The van der Waals surface area contributed by atoms with E-state index in [9.17, 15) is 4.79 Å². The van der Waals surface area contributed by atoms with Crippen molar-refractivity contribution in [3.05, 3.63) is 0 Å². The molecule has 1 unspecified atom stereocenters. The zero-order chi connectivity index (χ0) is 8.97. The summed E-state index contributed by atoms with van der Waals surface area (Å²) in [6, 6.07) is 0.0326. The lowest BCUT2D eigenvalue weighted by Gasteiger charge is -2.26. The van der Waals surface area contributed by atoms with E-state index in [2.05, 4.69) is 16.6 Å². The highest BCUT2D eigenvalue weighted by Gasteiger charge is 2.19. The van der Waals surface area contributed by atoms with E-state index >= 15 is 0 Å². The average molecular weight is 166 g/mol. The molecule has 1 fully saturated rings. The van der Waals surface area contributed by atoms with Crippen molar-refractivity contribution in [2.24, 2.45) is 0 Å². The minimum atomic E-state index is -0.190. The van der Waals surface area contributed by atoms with Crippen LogP contribution in [0, 0.1) is 12.3 Å². The second-order valence-electron chi connectivity index (χ2n) is 3.13. The fourth-order valence-corrected chi connectivity index (χ4v) is 1.02. The molecule has 12 heavy (non-hydrogen) atoms. The highest BCUT2D eigenvalue weighted by molar-refractivity contribution is 5.75. The Hall–Kier alpha value is -1.17. The van der Waals surface area contributed by atoms with Crippen LogP contribution in [0.4, 0.5) is 4.79 Å². The minimum absolute atomic E-state index is 0.148. The van der Waals surface area contributed by atoms with E-state index in [0.29, 0.717) is 6.04 Å². The van der Waals surface area contributed by atoms with E-state index < -0.39 is 0 Å². The van der Waals surface area contributed by atoms with Crippen molar-refractivity contribution in [2.45, 2.75) is 38.3 Å². The Kier molecular flexibility index (Phi) is 2.98. The molecule has 0 aromatic carbocycles. The first-order chi connectivity index (χ1) is 5.72. The Balaban J connectivity index is 2.15. The number of carbonyl (C=O) groups is 1. The van der Waals surface area contributed by atoms with Crippen molar-refractivity contribution >= 4 is 6.03 Å². The summed E-state index contributed by atoms with van der Waals surface area (Å²) in [5.41, 5.74) is 0. The van der Waals surface area contributed by atoms with Gasteiger partial charge in [-0.05, 0) is 26.2 Å². The third kappa shape index (κ3) is 2.46. The third-order valence-corrected chi connectivity index (χ3v) is 2.04. The lowest BCUT2D eigenvalue weighted by Crippen LogP contribution is -2.47. The van der Waals surface area contributed by atoms with Gasteiger partial charge in [-0.15, -0.1) is 6.42 Å². The zero-order valence-corrected chi connectivity index (χ0v) is 7.26. The Morgan fingerprint density at radius 3 is 2.75 bits per heavy atom. The van der Waals surface area contributed by atoms with Crippen molar-refractivity contribution in [1.82, 2.24) is 10.6 Å². The summed E-state index contributed by atoms with van der Waals surface area (Å²) in [7, 11) is 0. The quantitative estimate of drug-likeness (QED) is 0.587. The SMILES string of the molecule is C#CC(C)NC(=O)NC1CCC1. The fourth-order valence-electron chi connectivity index (χ4n) is 1.02. The van der Waals surface area contributed by atoms with Crippen molar-refractivity contribution in [3.8, 4) is 12.3 Å². The van der Waals surface area contributed by atoms with Crippen LogP contribution in [-0.4, -0.2) is 18.1 Å². The number of carbonyl (C=O) groups excluding carboxylic acids is 1. The standard InChI is InChI=1S/C9H14N2O/c1-3-7(2)10-9(12)11-8-5-4-6-8/h1,7-8H,4-6H2,2H3,(H2,10,11,12). The van der Waals surface area contributed by atoms with Crippen LogP contribution in [0.5, 0.6) is 0 Å². The van der Waals surface area contributed by atoms with Crippen LogP contribution in [-0.2, 0) is 0 Å². The molecule has 0 heterocycles. The molecule has 1 rings (SSSR count). The van der Waals surface area contributed by atoms with Gasteiger partial charge in [0.1, 0.15) is 0 Å². The predicted molar refractivity (Wildman–Crippen MR) is 47.6 cm³/mol. The van der Waals surface area contributed by atoms with E-state index in [-0.39, 0.29) is 12.1 Å². The van der Waals surface area contributed by atoms with Crippen LogP contribution in [0.2, 0.25) is 0 Å². The number of nitrogens with one attached hydrogen (secondary N) is 2. The van der Waals surface area contributed by atoms with Gasteiger partial charge < -0.3 is 10.6 Å². The van der Waals surface area contributed by atoms with Gasteiger partial charge in [0.25, 0.3) is 0 Å². The number of hydrogen-bond acceptors (Lipinski definition) is 1. The Labute approximate surface area is 72.9 Å². The van der Waals surface area contributed by atoms with Crippen LogP contribution in [0.3, 0.4) is 0 Å². The topological polar surface area (TPSA) is 41.1 Å². The minimum Gasteiger partial charge on any atom is -0.335 e. The van der Waals surface area contributed by atoms with Gasteiger partial charge in [-0.1, -0.05) is 5.92 Å². The van der Waals surface area contributed by atoms with E-state index in [1.165, 1.54) is 6.42 Å². The number of hydrogen-bond donors (Lipinski definition) is 2. The summed E-state index contributed by atoms with van der Waals surface area (Å²) < 4.78 is 0. The molecule has 0 radical (unpaired) electrons. The van der Waals surface area contributed by atoms with Crippen molar-refractivity contribution in [1.29, 1.82) is 0 Å². The number of rotatable bonds is 2. The molecule has 1 aliphatic carbocycles. The number of terminal acetylenes is 1. The Bertz CT molecular complexity index is 203. The molecule has 3 heteroatoms. The molecule has 1 aliphatic rings. The summed E-state index contributed by atoms with van der Waals surface area (Å²) in [6.45, 7) is 1.78. The van der Waals surface area contributed by atoms with Gasteiger partial charge in [0, 0.05) is 6.04 Å². The molecular formula is C9H14N2O. The molecule has 0 aromatic rings. The summed E-state index contributed by atoms with van der Waals surface area (Å²) in [5, 5.41) is 5.48. The zero-order valence-electron chi connectivity index (χ0n) is 7.26. The first kappa shape index (κ1) is 8.92. The maximum atomic E-state index is 11.1. The lowest BCUT2D eigenvalue weighted by atomic mass is 9.93. The van der Waals surface area contributed by atoms with Gasteiger partial charge in [-0.2, -0.15) is 0 Å². The molecule has 66 valence electrons. The first-order valence-corrected chi connectivity index (χ1v) is 4.25. The largest absolute Gasteiger partial charge is 0.335 e. The Morgan fingerprint density at radius 1 is 1.67 bits per heavy atom. The molecule has 0 bridgehead atoms. The molecule has 0 spiro atoms. The van der Waals surface area contributed by atoms with Gasteiger partial charge >= 0.3 is 6.03 Å². The predicted octanol–water partition coefficient (Wildman–Crippen LogP) is 0.860. The second kappa shape index (κ2) is 4.01. The molecule has 1 atom stereocenters. The highest BCUT2D eigenvalue weighted by Crippen LogP contribution is 2.17. The Morgan fingerprint density at radius 2 is 2.33 bits per heavy atom. The normalized spacial score (nSPS) is 18.7. The van der Waals surface area contributed by atoms with Gasteiger partial charge in [-0.25, -0.2) is 4.79 Å². The molecule has 1 saturated carbocycles. The van der Waals surface area contributed by atoms with Gasteiger partial charge in [0.2, 0.25) is 0 Å². The molecule has 2 N–H and O–H groups in total.